The van der Waals surface area contributed by atoms with Crippen molar-refractivity contribution in [1.29, 1.82) is 0 Å². The van der Waals surface area contributed by atoms with E-state index in [1.54, 1.807) is 6.07 Å². The molecule has 0 radical (unpaired) electrons. The summed E-state index contributed by atoms with van der Waals surface area (Å²) in [7, 11) is 0. The lowest BCUT2D eigenvalue weighted by atomic mass is 10.0. The molecule has 0 unspecified atom stereocenters. The van der Waals surface area contributed by atoms with E-state index in [0.29, 0.717) is 0 Å². The Bertz CT molecular complexity index is 599. The summed E-state index contributed by atoms with van der Waals surface area (Å²) in [5, 5.41) is 8.75. The third-order valence-corrected chi connectivity index (χ3v) is 2.45. The van der Waals surface area contributed by atoms with E-state index in [-0.39, 0.29) is 23.2 Å². The summed E-state index contributed by atoms with van der Waals surface area (Å²) < 4.78 is 26.8. The monoisotopic (exact) mass is 249 g/mol. The van der Waals surface area contributed by atoms with Gasteiger partial charge < -0.3 is 5.11 Å². The molecule has 1 aromatic carbocycles. The zero-order valence-corrected chi connectivity index (χ0v) is 9.23. The minimum Gasteiger partial charge on any atom is -0.481 e. The summed E-state index contributed by atoms with van der Waals surface area (Å²) in [6.45, 7) is 0. The number of carbonyl (C=O) groups is 1. The Hall–Kier alpha value is -2.30. The normalized spacial score (nSPS) is 10.3. The second kappa shape index (κ2) is 4.91. The molecule has 5 heteroatoms. The van der Waals surface area contributed by atoms with Crippen molar-refractivity contribution in [2.75, 3.05) is 0 Å². The van der Waals surface area contributed by atoms with E-state index < -0.39 is 17.6 Å². The highest BCUT2D eigenvalue weighted by Crippen LogP contribution is 2.26. The first-order chi connectivity index (χ1) is 8.59. The Kier molecular flexibility index (Phi) is 3.32. The Morgan fingerprint density at radius 3 is 2.61 bits per heavy atom. The molecule has 0 aliphatic rings. The number of aliphatic carboxylic acids is 1. The average molecular weight is 249 g/mol. The van der Waals surface area contributed by atoms with Crippen LogP contribution in [0.1, 0.15) is 5.69 Å². The summed E-state index contributed by atoms with van der Waals surface area (Å²) in [4.78, 5) is 14.6. The number of benzene rings is 1. The van der Waals surface area contributed by atoms with Gasteiger partial charge in [0, 0.05) is 17.3 Å². The largest absolute Gasteiger partial charge is 0.481 e. The van der Waals surface area contributed by atoms with Gasteiger partial charge in [-0.15, -0.1) is 0 Å². The van der Waals surface area contributed by atoms with Gasteiger partial charge in [-0.25, -0.2) is 8.78 Å². The van der Waals surface area contributed by atoms with Gasteiger partial charge >= 0.3 is 5.97 Å². The SMILES string of the molecule is O=C(O)Cc1ncccc1-c1cccc(F)c1F. The molecule has 18 heavy (non-hydrogen) atoms. The number of carboxylic acids is 1. The van der Waals surface area contributed by atoms with Crippen molar-refractivity contribution in [3.8, 4) is 11.1 Å². The number of carboxylic acid groups (broad SMARTS) is 1. The van der Waals surface area contributed by atoms with Crippen LogP contribution in [-0.2, 0) is 11.2 Å². The minimum atomic E-state index is -1.08. The number of nitrogens with zero attached hydrogens (tertiary/aromatic N) is 1. The highest BCUT2D eigenvalue weighted by atomic mass is 19.2. The highest BCUT2D eigenvalue weighted by molar-refractivity contribution is 5.75. The molecule has 3 nitrogen and oxygen atoms in total. The molecule has 2 aromatic rings. The van der Waals surface area contributed by atoms with E-state index in [0.717, 1.165) is 6.07 Å². The minimum absolute atomic E-state index is 0.0133. The van der Waals surface area contributed by atoms with Gasteiger partial charge in [-0.1, -0.05) is 18.2 Å². The number of aromatic nitrogens is 1. The van der Waals surface area contributed by atoms with Crippen LogP contribution in [0.5, 0.6) is 0 Å². The summed E-state index contributed by atoms with van der Waals surface area (Å²) in [6, 6.07) is 6.83. The molecule has 0 saturated carbocycles. The number of rotatable bonds is 3. The quantitative estimate of drug-likeness (QED) is 0.909. The van der Waals surface area contributed by atoms with Crippen LogP contribution in [0.4, 0.5) is 8.78 Å². The van der Waals surface area contributed by atoms with Crippen LogP contribution in [0.25, 0.3) is 11.1 Å². The van der Waals surface area contributed by atoms with E-state index in [1.807, 2.05) is 0 Å². The second-order valence-electron chi connectivity index (χ2n) is 3.67. The first kappa shape index (κ1) is 12.2. The summed E-state index contributed by atoms with van der Waals surface area (Å²) in [5.41, 5.74) is 0.505. The van der Waals surface area contributed by atoms with E-state index in [2.05, 4.69) is 4.98 Å². The first-order valence-electron chi connectivity index (χ1n) is 5.19. The molecule has 0 fully saturated rings. The predicted molar refractivity (Wildman–Crippen MR) is 60.9 cm³/mol. The molecule has 2 rings (SSSR count). The van der Waals surface area contributed by atoms with Crippen LogP contribution in [-0.4, -0.2) is 16.1 Å². The van der Waals surface area contributed by atoms with Crippen LogP contribution < -0.4 is 0 Å². The van der Waals surface area contributed by atoms with Crippen LogP contribution in [0, 0.1) is 11.6 Å². The van der Waals surface area contributed by atoms with Crippen LogP contribution >= 0.6 is 0 Å². The fourth-order valence-electron chi connectivity index (χ4n) is 1.68. The Morgan fingerprint density at radius 2 is 1.89 bits per heavy atom. The fourth-order valence-corrected chi connectivity index (χ4v) is 1.68. The molecule has 0 aliphatic heterocycles. The Balaban J connectivity index is 2.57. The van der Waals surface area contributed by atoms with Crippen molar-refractivity contribution < 1.29 is 18.7 Å². The molecule has 1 aromatic heterocycles. The van der Waals surface area contributed by atoms with Gasteiger partial charge in [0.1, 0.15) is 0 Å². The van der Waals surface area contributed by atoms with Crippen molar-refractivity contribution in [1.82, 2.24) is 4.98 Å². The van der Waals surface area contributed by atoms with Crippen molar-refractivity contribution >= 4 is 5.97 Å². The zero-order chi connectivity index (χ0) is 13.1. The highest BCUT2D eigenvalue weighted by Gasteiger charge is 2.15. The maximum atomic E-state index is 13.7. The summed E-state index contributed by atoms with van der Waals surface area (Å²) in [5.74, 6) is -3.05. The molecule has 0 saturated heterocycles. The van der Waals surface area contributed by atoms with E-state index in [9.17, 15) is 13.6 Å². The molecule has 0 amide bonds. The zero-order valence-electron chi connectivity index (χ0n) is 9.23. The van der Waals surface area contributed by atoms with Crippen LogP contribution in [0.15, 0.2) is 36.5 Å². The van der Waals surface area contributed by atoms with Crippen molar-refractivity contribution in [3.05, 3.63) is 53.9 Å². The average Bonchev–Trinajstić information content (AvgIpc) is 2.33. The van der Waals surface area contributed by atoms with Crippen molar-refractivity contribution in [2.45, 2.75) is 6.42 Å². The van der Waals surface area contributed by atoms with Gasteiger partial charge in [0.15, 0.2) is 11.6 Å². The van der Waals surface area contributed by atoms with Crippen molar-refractivity contribution in [2.24, 2.45) is 0 Å². The van der Waals surface area contributed by atoms with Gasteiger partial charge in [0.25, 0.3) is 0 Å². The number of hydrogen-bond acceptors (Lipinski definition) is 2. The predicted octanol–water partition coefficient (Wildman–Crippen LogP) is 2.65. The number of hydrogen-bond donors (Lipinski definition) is 1. The molecule has 0 spiro atoms. The van der Waals surface area contributed by atoms with Gasteiger partial charge in [0.05, 0.1) is 12.1 Å². The van der Waals surface area contributed by atoms with E-state index >= 15 is 0 Å². The second-order valence-corrected chi connectivity index (χ2v) is 3.67. The third-order valence-electron chi connectivity index (χ3n) is 2.45. The lowest BCUT2D eigenvalue weighted by Gasteiger charge is -2.08. The lowest BCUT2D eigenvalue weighted by Crippen LogP contribution is -2.04. The van der Waals surface area contributed by atoms with E-state index in [1.165, 1.54) is 24.4 Å². The van der Waals surface area contributed by atoms with Gasteiger partial charge in [-0.05, 0) is 12.1 Å². The van der Waals surface area contributed by atoms with Crippen LogP contribution in [0.3, 0.4) is 0 Å². The maximum Gasteiger partial charge on any atom is 0.309 e. The molecular formula is C13H9F2NO2. The Labute approximate surface area is 102 Å². The summed E-state index contributed by atoms with van der Waals surface area (Å²) >= 11 is 0. The summed E-state index contributed by atoms with van der Waals surface area (Å²) in [6.07, 6.45) is 1.07. The molecule has 1 N–H and O–H groups in total. The molecule has 0 atom stereocenters. The first-order valence-corrected chi connectivity index (χ1v) is 5.19. The van der Waals surface area contributed by atoms with Crippen LogP contribution in [0.2, 0.25) is 0 Å². The fraction of sp³-hybridized carbons (Fsp3) is 0.0769. The van der Waals surface area contributed by atoms with E-state index in [4.69, 9.17) is 5.11 Å². The lowest BCUT2D eigenvalue weighted by molar-refractivity contribution is -0.136. The molecule has 0 aliphatic carbocycles. The smallest absolute Gasteiger partial charge is 0.309 e. The third kappa shape index (κ3) is 2.34. The molecule has 1 heterocycles. The maximum absolute atomic E-state index is 13.7. The topological polar surface area (TPSA) is 50.2 Å². The number of pyridine rings is 1. The number of halogens is 2. The van der Waals surface area contributed by atoms with Gasteiger partial charge in [0.2, 0.25) is 0 Å². The Morgan fingerprint density at radius 1 is 1.17 bits per heavy atom. The van der Waals surface area contributed by atoms with Crippen molar-refractivity contribution in [3.63, 3.8) is 0 Å². The van der Waals surface area contributed by atoms with Gasteiger partial charge in [-0.3, -0.25) is 9.78 Å². The van der Waals surface area contributed by atoms with Gasteiger partial charge in [-0.2, -0.15) is 0 Å². The molecule has 0 bridgehead atoms. The standard InChI is InChI=1S/C13H9F2NO2/c14-10-5-1-3-9(13(10)15)8-4-2-6-16-11(8)7-12(17)18/h1-6H,7H2,(H,17,18). The molecule has 92 valence electrons. The molecular weight excluding hydrogens is 240 g/mol.